The summed E-state index contributed by atoms with van der Waals surface area (Å²) in [7, 11) is 1.12. The Morgan fingerprint density at radius 2 is 1.90 bits per heavy atom. The molecular weight excluding hydrogens is 269 g/mol. The molecule has 3 nitrogen and oxygen atoms in total. The third-order valence-corrected chi connectivity index (χ3v) is 2.89. The predicted octanol–water partition coefficient (Wildman–Crippen LogP) is 2.59. The van der Waals surface area contributed by atoms with Gasteiger partial charge in [-0.15, -0.1) is 0 Å². The summed E-state index contributed by atoms with van der Waals surface area (Å²) in [6, 6.07) is 5.62. The molecule has 0 aromatic heterocycles. The first kappa shape index (κ1) is 16.1. The van der Waals surface area contributed by atoms with Crippen LogP contribution in [0.3, 0.4) is 0 Å². The van der Waals surface area contributed by atoms with E-state index in [-0.39, 0.29) is 6.54 Å². The summed E-state index contributed by atoms with van der Waals surface area (Å²) in [5, 5.41) is 4.39. The highest BCUT2D eigenvalue weighted by Crippen LogP contribution is 2.22. The molecule has 0 bridgehead atoms. The van der Waals surface area contributed by atoms with Crippen LogP contribution in [0.5, 0.6) is 0 Å². The van der Waals surface area contributed by atoms with Gasteiger partial charge in [-0.25, -0.2) is 0 Å². The second-order valence-corrected chi connectivity index (χ2v) is 4.44. The number of benzene rings is 1. The Morgan fingerprint density at radius 1 is 1.25 bits per heavy atom. The van der Waals surface area contributed by atoms with E-state index in [1.54, 1.807) is 0 Å². The van der Waals surface area contributed by atoms with Crippen molar-refractivity contribution in [2.75, 3.05) is 7.05 Å². The molecule has 0 saturated heterocycles. The second-order valence-electron chi connectivity index (χ2n) is 4.44. The zero-order chi connectivity index (χ0) is 15.3. The fourth-order valence-corrected chi connectivity index (χ4v) is 1.58. The Balaban J connectivity index is 2.67. The van der Waals surface area contributed by atoms with E-state index in [1.165, 1.54) is 0 Å². The molecular formula is C14H17F3N2O. The van der Waals surface area contributed by atoms with Gasteiger partial charge in [-0.2, -0.15) is 13.2 Å². The summed E-state index contributed by atoms with van der Waals surface area (Å²) in [5.74, 6) is -0.787. The van der Waals surface area contributed by atoms with E-state index >= 15 is 0 Å². The summed E-state index contributed by atoms with van der Waals surface area (Å²) in [4.78, 5) is 11.5. The van der Waals surface area contributed by atoms with Crippen molar-refractivity contribution in [2.24, 2.45) is 0 Å². The molecule has 0 atom stereocenters. The van der Waals surface area contributed by atoms with Crippen LogP contribution >= 0.6 is 0 Å². The molecule has 20 heavy (non-hydrogen) atoms. The third-order valence-electron chi connectivity index (χ3n) is 2.89. The summed E-state index contributed by atoms with van der Waals surface area (Å²) in [5.41, 5.74) is 1.95. The number of aryl methyl sites for hydroxylation is 2. The maximum atomic E-state index is 12.4. The van der Waals surface area contributed by atoms with E-state index in [9.17, 15) is 18.0 Å². The Kier molecular flexibility index (Phi) is 5.19. The monoisotopic (exact) mass is 286 g/mol. The van der Waals surface area contributed by atoms with Crippen LogP contribution in [-0.2, 0) is 11.3 Å². The van der Waals surface area contributed by atoms with Gasteiger partial charge in [0.2, 0.25) is 5.91 Å². The van der Waals surface area contributed by atoms with Crippen LogP contribution in [0.15, 0.2) is 30.0 Å². The smallest absolute Gasteiger partial charge is 0.384 e. The number of hydrogen-bond acceptors (Lipinski definition) is 2. The van der Waals surface area contributed by atoms with Crippen molar-refractivity contribution in [2.45, 2.75) is 26.6 Å². The first-order valence-corrected chi connectivity index (χ1v) is 6.04. The van der Waals surface area contributed by atoms with Gasteiger partial charge >= 0.3 is 6.18 Å². The normalized spacial score (nSPS) is 12.2. The molecule has 1 amide bonds. The summed E-state index contributed by atoms with van der Waals surface area (Å²) >= 11 is 0. The number of nitrogens with one attached hydrogen (secondary N) is 2. The van der Waals surface area contributed by atoms with Gasteiger partial charge in [0, 0.05) is 19.7 Å². The number of carbonyl (C=O) groups is 1. The summed E-state index contributed by atoms with van der Waals surface area (Å²) < 4.78 is 37.3. The van der Waals surface area contributed by atoms with Gasteiger partial charge in [-0.3, -0.25) is 4.79 Å². The van der Waals surface area contributed by atoms with Crippen LogP contribution in [0.2, 0.25) is 0 Å². The van der Waals surface area contributed by atoms with Gasteiger partial charge in [0.05, 0.1) is 0 Å². The lowest BCUT2D eigenvalue weighted by molar-refractivity contribution is -0.118. The Morgan fingerprint density at radius 3 is 2.40 bits per heavy atom. The molecule has 0 aliphatic heterocycles. The minimum atomic E-state index is -4.56. The second kappa shape index (κ2) is 6.45. The highest BCUT2D eigenvalue weighted by Gasteiger charge is 2.33. The van der Waals surface area contributed by atoms with Crippen LogP contribution < -0.4 is 10.6 Å². The highest BCUT2D eigenvalue weighted by atomic mass is 19.4. The Hall–Kier alpha value is -1.98. The molecule has 6 heteroatoms. The molecule has 1 rings (SSSR count). The number of rotatable bonds is 4. The average molecular weight is 286 g/mol. The third kappa shape index (κ3) is 4.60. The van der Waals surface area contributed by atoms with Crippen molar-refractivity contribution in [1.82, 2.24) is 10.6 Å². The van der Waals surface area contributed by atoms with Gasteiger partial charge in [0.1, 0.15) is 5.70 Å². The highest BCUT2D eigenvalue weighted by molar-refractivity contribution is 5.88. The fraction of sp³-hybridized carbons (Fsp3) is 0.357. The molecule has 0 fully saturated rings. The molecule has 0 spiro atoms. The lowest BCUT2D eigenvalue weighted by Gasteiger charge is -2.11. The van der Waals surface area contributed by atoms with Crippen molar-refractivity contribution < 1.29 is 18.0 Å². The van der Waals surface area contributed by atoms with Gasteiger partial charge in [-0.05, 0) is 30.5 Å². The van der Waals surface area contributed by atoms with Gasteiger partial charge in [0.15, 0.2) is 0 Å². The van der Waals surface area contributed by atoms with E-state index in [4.69, 9.17) is 0 Å². The van der Waals surface area contributed by atoms with Gasteiger partial charge in [-0.1, -0.05) is 18.2 Å². The zero-order valence-electron chi connectivity index (χ0n) is 11.6. The van der Waals surface area contributed by atoms with E-state index in [2.05, 4.69) is 5.32 Å². The minimum absolute atomic E-state index is 0.186. The molecule has 0 unspecified atom stereocenters. The molecule has 1 aromatic rings. The zero-order valence-corrected chi connectivity index (χ0v) is 11.6. The molecule has 1 aromatic carbocycles. The van der Waals surface area contributed by atoms with Crippen LogP contribution in [0.1, 0.15) is 16.7 Å². The lowest BCUT2D eigenvalue weighted by Crippen LogP contribution is -2.28. The number of alkyl halides is 3. The predicted molar refractivity (Wildman–Crippen MR) is 71.0 cm³/mol. The fourth-order valence-electron chi connectivity index (χ4n) is 1.58. The molecule has 0 saturated carbocycles. The number of hydrogen-bond donors (Lipinski definition) is 2. The average Bonchev–Trinajstić information content (AvgIpc) is 2.36. The van der Waals surface area contributed by atoms with Crippen LogP contribution in [0, 0.1) is 13.8 Å². The maximum Gasteiger partial charge on any atom is 0.431 e. The van der Waals surface area contributed by atoms with Crippen LogP contribution in [0.4, 0.5) is 13.2 Å². The van der Waals surface area contributed by atoms with Crippen molar-refractivity contribution in [1.29, 1.82) is 0 Å². The number of allylic oxidation sites excluding steroid dienone is 1. The SMILES string of the molecule is CN/C(=C\C(=O)NCc1ccc(C)c(C)c1)C(F)(F)F. The number of carbonyl (C=O) groups excluding carboxylic acids is 1. The topological polar surface area (TPSA) is 41.1 Å². The van der Waals surface area contributed by atoms with Crippen molar-refractivity contribution in [3.63, 3.8) is 0 Å². The van der Waals surface area contributed by atoms with Crippen LogP contribution in [0.25, 0.3) is 0 Å². The maximum absolute atomic E-state index is 12.4. The van der Waals surface area contributed by atoms with Gasteiger partial charge in [0.25, 0.3) is 0 Å². The minimum Gasteiger partial charge on any atom is -0.384 e. The van der Waals surface area contributed by atoms with E-state index in [0.29, 0.717) is 6.08 Å². The van der Waals surface area contributed by atoms with E-state index in [1.807, 2.05) is 37.4 Å². The lowest BCUT2D eigenvalue weighted by atomic mass is 10.1. The quantitative estimate of drug-likeness (QED) is 0.835. The molecule has 0 aliphatic carbocycles. The standard InChI is InChI=1S/C14H17F3N2O/c1-9-4-5-11(6-10(9)2)8-19-13(20)7-12(18-3)14(15,16)17/h4-7,18H,8H2,1-3H3,(H,19,20)/b12-7-. The molecule has 0 aliphatic rings. The molecule has 0 heterocycles. The van der Waals surface area contributed by atoms with Gasteiger partial charge < -0.3 is 10.6 Å². The number of halogens is 3. The first-order chi connectivity index (χ1) is 9.24. The van der Waals surface area contributed by atoms with Crippen molar-refractivity contribution >= 4 is 5.91 Å². The summed E-state index contributed by atoms with van der Waals surface area (Å²) in [6.45, 7) is 4.08. The van der Waals surface area contributed by atoms with Crippen molar-refractivity contribution in [3.8, 4) is 0 Å². The molecule has 2 N–H and O–H groups in total. The largest absolute Gasteiger partial charge is 0.431 e. The van der Waals surface area contributed by atoms with Crippen molar-refractivity contribution in [3.05, 3.63) is 46.7 Å². The van der Waals surface area contributed by atoms with E-state index in [0.717, 1.165) is 23.7 Å². The molecule has 110 valence electrons. The Bertz CT molecular complexity index is 522. The summed E-state index contributed by atoms with van der Waals surface area (Å²) in [6.07, 6.45) is -4.05. The first-order valence-electron chi connectivity index (χ1n) is 6.04. The van der Waals surface area contributed by atoms with E-state index < -0.39 is 17.8 Å². The Labute approximate surface area is 115 Å². The molecule has 0 radical (unpaired) electrons. The van der Waals surface area contributed by atoms with Crippen LogP contribution in [-0.4, -0.2) is 19.1 Å². The number of amides is 1.